The Morgan fingerprint density at radius 2 is 1.61 bits per heavy atom. The molecule has 0 aliphatic rings. The molecule has 3 aromatic carbocycles. The second-order valence-corrected chi connectivity index (χ2v) is 5.31. The summed E-state index contributed by atoms with van der Waals surface area (Å²) in [6.45, 7) is 0. The molecule has 4 rings (SSSR count). The van der Waals surface area contributed by atoms with Crippen LogP contribution in [0.5, 0.6) is 0 Å². The third kappa shape index (κ3) is 2.10. The van der Waals surface area contributed by atoms with Crippen LogP contribution in [-0.2, 0) is 6.18 Å². The summed E-state index contributed by atoms with van der Waals surface area (Å²) in [6.07, 6.45) is -4.39. The van der Waals surface area contributed by atoms with Crippen LogP contribution in [0, 0.1) is 6.07 Å². The lowest BCUT2D eigenvalue weighted by Gasteiger charge is -2.10. The van der Waals surface area contributed by atoms with E-state index in [1.165, 1.54) is 6.07 Å². The van der Waals surface area contributed by atoms with E-state index in [4.69, 9.17) is 0 Å². The number of rotatable bonds is 1. The van der Waals surface area contributed by atoms with Gasteiger partial charge in [0, 0.05) is 16.5 Å². The molecule has 0 fully saturated rings. The molecule has 0 amide bonds. The van der Waals surface area contributed by atoms with Gasteiger partial charge < -0.3 is 4.57 Å². The molecule has 0 aliphatic heterocycles. The lowest BCUT2D eigenvalue weighted by atomic mass is 10.1. The molecule has 0 spiro atoms. The van der Waals surface area contributed by atoms with Gasteiger partial charge in [-0.2, -0.15) is 13.2 Å². The lowest BCUT2D eigenvalue weighted by molar-refractivity contribution is -0.136. The van der Waals surface area contributed by atoms with E-state index in [-0.39, 0.29) is 5.39 Å². The van der Waals surface area contributed by atoms with Gasteiger partial charge in [0.05, 0.1) is 16.6 Å². The maximum Gasteiger partial charge on any atom is 0.417 e. The summed E-state index contributed by atoms with van der Waals surface area (Å²) < 4.78 is 42.2. The van der Waals surface area contributed by atoms with Crippen molar-refractivity contribution in [2.75, 3.05) is 0 Å². The van der Waals surface area contributed by atoms with Crippen LogP contribution in [0.3, 0.4) is 0 Å². The Bertz CT molecular complexity index is 998. The van der Waals surface area contributed by atoms with E-state index in [9.17, 15) is 13.2 Å². The van der Waals surface area contributed by atoms with Crippen LogP contribution >= 0.6 is 0 Å². The number of hydrogen-bond acceptors (Lipinski definition) is 0. The van der Waals surface area contributed by atoms with E-state index in [2.05, 4.69) is 6.07 Å². The largest absolute Gasteiger partial charge is 0.417 e. The first-order valence-corrected chi connectivity index (χ1v) is 7.13. The smallest absolute Gasteiger partial charge is 0.309 e. The fourth-order valence-corrected chi connectivity index (χ4v) is 3.05. The minimum Gasteiger partial charge on any atom is -0.309 e. The van der Waals surface area contributed by atoms with E-state index in [0.717, 1.165) is 11.8 Å². The van der Waals surface area contributed by atoms with Crippen molar-refractivity contribution in [1.29, 1.82) is 0 Å². The van der Waals surface area contributed by atoms with Crippen LogP contribution in [-0.4, -0.2) is 4.57 Å². The summed E-state index contributed by atoms with van der Waals surface area (Å²) in [5.74, 6) is 0. The fourth-order valence-electron chi connectivity index (χ4n) is 3.05. The first kappa shape index (κ1) is 13.9. The quantitative estimate of drug-likeness (QED) is 0.431. The molecule has 0 aliphatic carbocycles. The van der Waals surface area contributed by atoms with Crippen molar-refractivity contribution >= 4 is 21.8 Å². The Kier molecular flexibility index (Phi) is 2.94. The molecular weight excluding hydrogens is 299 g/mol. The van der Waals surface area contributed by atoms with E-state index in [1.807, 2.05) is 34.9 Å². The number of para-hydroxylation sites is 1. The highest BCUT2D eigenvalue weighted by Gasteiger charge is 2.34. The van der Waals surface area contributed by atoms with Gasteiger partial charge in [-0.1, -0.05) is 36.4 Å². The van der Waals surface area contributed by atoms with Crippen molar-refractivity contribution in [3.8, 4) is 5.69 Å². The first-order valence-electron chi connectivity index (χ1n) is 7.13. The van der Waals surface area contributed by atoms with Gasteiger partial charge in [0.2, 0.25) is 0 Å². The van der Waals surface area contributed by atoms with E-state index < -0.39 is 11.7 Å². The van der Waals surface area contributed by atoms with Crippen molar-refractivity contribution < 1.29 is 13.2 Å². The third-order valence-corrected chi connectivity index (χ3v) is 3.96. The van der Waals surface area contributed by atoms with Crippen LogP contribution in [0.1, 0.15) is 5.56 Å². The topological polar surface area (TPSA) is 4.93 Å². The normalized spacial score (nSPS) is 12.1. The second-order valence-electron chi connectivity index (χ2n) is 5.31. The average Bonchev–Trinajstić information content (AvgIpc) is 2.89. The molecule has 1 aromatic heterocycles. The highest BCUT2D eigenvalue weighted by Crippen LogP contribution is 2.40. The number of hydrogen-bond donors (Lipinski definition) is 0. The SMILES string of the molecule is FC(F)(F)c1cccc2c1c1cc[c]cc1n2-c1ccccc1. The summed E-state index contributed by atoms with van der Waals surface area (Å²) in [5, 5.41) is 0.809. The van der Waals surface area contributed by atoms with E-state index >= 15 is 0 Å². The van der Waals surface area contributed by atoms with Gasteiger partial charge in [0.25, 0.3) is 0 Å². The molecular formula is C19H11F3N. The molecule has 1 heterocycles. The zero-order valence-electron chi connectivity index (χ0n) is 11.9. The Balaban J connectivity index is 2.23. The number of fused-ring (bicyclic) bond motifs is 3. The molecule has 0 bridgehead atoms. The van der Waals surface area contributed by atoms with Gasteiger partial charge in [-0.25, -0.2) is 0 Å². The summed E-state index contributed by atoms with van der Waals surface area (Å²) in [5.41, 5.74) is 1.47. The maximum absolute atomic E-state index is 13.4. The fraction of sp³-hybridized carbons (Fsp3) is 0.0526. The first-order chi connectivity index (χ1) is 11.1. The zero-order chi connectivity index (χ0) is 16.0. The van der Waals surface area contributed by atoms with Gasteiger partial charge in [0.15, 0.2) is 0 Å². The van der Waals surface area contributed by atoms with Crippen LogP contribution in [0.4, 0.5) is 13.2 Å². The molecule has 113 valence electrons. The van der Waals surface area contributed by atoms with Crippen LogP contribution < -0.4 is 0 Å². The number of nitrogens with zero attached hydrogens (tertiary/aromatic N) is 1. The predicted molar refractivity (Wildman–Crippen MR) is 84.6 cm³/mol. The van der Waals surface area contributed by atoms with Crippen LogP contribution in [0.25, 0.3) is 27.5 Å². The second kappa shape index (κ2) is 4.88. The molecule has 23 heavy (non-hydrogen) atoms. The third-order valence-electron chi connectivity index (χ3n) is 3.96. The average molecular weight is 310 g/mol. The van der Waals surface area contributed by atoms with Gasteiger partial charge in [-0.15, -0.1) is 0 Å². The highest BCUT2D eigenvalue weighted by molar-refractivity contribution is 6.11. The zero-order valence-corrected chi connectivity index (χ0v) is 11.9. The molecule has 0 saturated carbocycles. The molecule has 1 radical (unpaired) electrons. The minimum absolute atomic E-state index is 0.229. The van der Waals surface area contributed by atoms with Crippen molar-refractivity contribution in [2.24, 2.45) is 0 Å². The monoisotopic (exact) mass is 310 g/mol. The summed E-state index contributed by atoms with van der Waals surface area (Å²) in [7, 11) is 0. The standard InChI is InChI=1S/C19H11F3N/c20-19(21,22)15-10-6-12-17-18(15)14-9-4-5-11-16(14)23(17)13-7-2-1-3-8-13/h1-4,6-12H. The Labute approximate surface area is 130 Å². The molecule has 4 heteroatoms. The van der Waals surface area contributed by atoms with Crippen molar-refractivity contribution in [3.05, 3.63) is 78.4 Å². The van der Waals surface area contributed by atoms with Crippen LogP contribution in [0.2, 0.25) is 0 Å². The van der Waals surface area contributed by atoms with Gasteiger partial charge in [0.1, 0.15) is 0 Å². The van der Waals surface area contributed by atoms with Gasteiger partial charge in [-0.05, 0) is 36.4 Å². The summed E-state index contributed by atoms with van der Waals surface area (Å²) >= 11 is 0. The predicted octanol–water partition coefficient (Wildman–Crippen LogP) is 5.60. The van der Waals surface area contributed by atoms with E-state index in [1.54, 1.807) is 24.3 Å². The van der Waals surface area contributed by atoms with E-state index in [0.29, 0.717) is 16.4 Å². The Morgan fingerprint density at radius 1 is 0.826 bits per heavy atom. The van der Waals surface area contributed by atoms with Crippen molar-refractivity contribution in [3.63, 3.8) is 0 Å². The lowest BCUT2D eigenvalue weighted by Crippen LogP contribution is -2.05. The number of aromatic nitrogens is 1. The molecule has 0 atom stereocenters. The van der Waals surface area contributed by atoms with Crippen molar-refractivity contribution in [2.45, 2.75) is 6.18 Å². The number of alkyl halides is 3. The number of benzene rings is 3. The molecule has 1 nitrogen and oxygen atoms in total. The van der Waals surface area contributed by atoms with Gasteiger partial charge in [-0.3, -0.25) is 0 Å². The van der Waals surface area contributed by atoms with Crippen molar-refractivity contribution in [1.82, 2.24) is 4.57 Å². The molecule has 4 aromatic rings. The summed E-state index contributed by atoms with van der Waals surface area (Å²) in [6, 6.07) is 21.7. The molecule has 0 saturated heterocycles. The summed E-state index contributed by atoms with van der Waals surface area (Å²) in [4.78, 5) is 0. The Hall–Kier alpha value is -2.75. The van der Waals surface area contributed by atoms with Crippen LogP contribution in [0.15, 0.2) is 66.7 Å². The molecule has 0 unspecified atom stereocenters. The molecule has 0 N–H and O–H groups in total. The minimum atomic E-state index is -4.39. The van der Waals surface area contributed by atoms with Gasteiger partial charge >= 0.3 is 6.18 Å². The Morgan fingerprint density at radius 3 is 2.35 bits per heavy atom. The number of halogens is 3. The maximum atomic E-state index is 13.4. The highest BCUT2D eigenvalue weighted by atomic mass is 19.4.